The van der Waals surface area contributed by atoms with Gasteiger partial charge in [-0.05, 0) is 48.7 Å². The van der Waals surface area contributed by atoms with Gasteiger partial charge in [-0.15, -0.1) is 0 Å². The zero-order valence-corrected chi connectivity index (χ0v) is 22.9. The van der Waals surface area contributed by atoms with Gasteiger partial charge in [-0.1, -0.05) is 48.5 Å². The van der Waals surface area contributed by atoms with Gasteiger partial charge >= 0.3 is 12.4 Å². The molecule has 0 bridgehead atoms. The van der Waals surface area contributed by atoms with Crippen molar-refractivity contribution in [2.45, 2.75) is 48.1 Å². The van der Waals surface area contributed by atoms with Crippen LogP contribution in [0.3, 0.4) is 0 Å². The number of aliphatic hydroxyl groups excluding tert-OH is 1. The lowest BCUT2D eigenvalue weighted by molar-refractivity contribution is -0.140. The third kappa shape index (κ3) is 5.54. The summed E-state index contributed by atoms with van der Waals surface area (Å²) in [4.78, 5) is 1.11. The molecule has 0 radical (unpaired) electrons. The van der Waals surface area contributed by atoms with Crippen molar-refractivity contribution in [3.05, 3.63) is 89.2 Å². The number of nitrogens with zero attached hydrogens (tertiary/aromatic N) is 2. The summed E-state index contributed by atoms with van der Waals surface area (Å²) < 4.78 is 124. The highest BCUT2D eigenvalue weighted by Gasteiger charge is 2.51. The van der Waals surface area contributed by atoms with Crippen molar-refractivity contribution in [3.63, 3.8) is 0 Å². The van der Waals surface area contributed by atoms with Gasteiger partial charge in [0.05, 0.1) is 22.6 Å². The van der Waals surface area contributed by atoms with Gasteiger partial charge in [0.1, 0.15) is 5.82 Å². The Morgan fingerprint density at radius 3 is 2.07 bits per heavy atom. The van der Waals surface area contributed by atoms with Crippen molar-refractivity contribution >= 4 is 10.0 Å². The molecule has 2 aliphatic heterocycles. The highest BCUT2D eigenvalue weighted by atomic mass is 32.2. The average Bonchev–Trinajstić information content (AvgIpc) is 2.91. The number of rotatable bonds is 5. The van der Waals surface area contributed by atoms with E-state index < -0.39 is 62.2 Å². The third-order valence-electron chi connectivity index (χ3n) is 8.05. The van der Waals surface area contributed by atoms with Crippen molar-refractivity contribution in [2.75, 3.05) is 26.2 Å². The molecule has 1 N–H and O–H groups in total. The van der Waals surface area contributed by atoms with E-state index in [0.29, 0.717) is 31.0 Å². The van der Waals surface area contributed by atoms with Gasteiger partial charge in [-0.2, -0.15) is 30.6 Å². The Morgan fingerprint density at radius 1 is 0.810 bits per heavy atom. The summed E-state index contributed by atoms with van der Waals surface area (Å²) in [5.41, 5.74) is -2.04. The Bertz CT molecular complexity index is 1540. The van der Waals surface area contributed by atoms with Crippen LogP contribution in [0.5, 0.6) is 0 Å². The molecule has 2 aliphatic rings. The topological polar surface area (TPSA) is 60.9 Å². The number of aliphatic hydroxyl groups is 1. The van der Waals surface area contributed by atoms with Gasteiger partial charge in [-0.25, -0.2) is 12.8 Å². The van der Waals surface area contributed by atoms with E-state index in [1.807, 2.05) is 4.90 Å². The van der Waals surface area contributed by atoms with Crippen LogP contribution in [0.1, 0.15) is 35.4 Å². The lowest BCUT2D eigenvalue weighted by atomic mass is 9.74. The predicted molar refractivity (Wildman–Crippen MR) is 140 cm³/mol. The van der Waals surface area contributed by atoms with E-state index in [9.17, 15) is 44.3 Å². The van der Waals surface area contributed by atoms with Crippen molar-refractivity contribution in [1.82, 2.24) is 9.21 Å². The van der Waals surface area contributed by atoms with E-state index >= 15 is 0 Å². The Kier molecular flexibility index (Phi) is 8.16. The van der Waals surface area contributed by atoms with Gasteiger partial charge in [0.15, 0.2) is 0 Å². The third-order valence-corrected chi connectivity index (χ3v) is 9.98. The Morgan fingerprint density at radius 2 is 1.43 bits per heavy atom. The molecule has 0 amide bonds. The summed E-state index contributed by atoms with van der Waals surface area (Å²) in [6.45, 7) is 0.171. The van der Waals surface area contributed by atoms with Crippen LogP contribution >= 0.6 is 0 Å². The fraction of sp³-hybridized carbons (Fsp3) is 0.379. The molecule has 0 aromatic heterocycles. The summed E-state index contributed by atoms with van der Waals surface area (Å²) >= 11 is 0. The maximum absolute atomic E-state index is 14.7. The largest absolute Gasteiger partial charge is 0.419 e. The molecule has 3 aromatic carbocycles. The first-order valence-electron chi connectivity index (χ1n) is 13.2. The van der Waals surface area contributed by atoms with Gasteiger partial charge in [0, 0.05) is 36.7 Å². The quantitative estimate of drug-likeness (QED) is 0.350. The molecule has 0 aliphatic carbocycles. The first-order chi connectivity index (χ1) is 19.7. The SMILES string of the molecule is O=S(=O)(c1ccccc1C(F)(F)F)N1CCCCN2[C@H](CO)[C@@H](c3ccc(-c4cccc(C(F)(F)F)c4F)cc3)[C@@H]2C1. The Balaban J connectivity index is 1.46. The number of halogens is 7. The molecular formula is C29H27F7N2O3S. The fourth-order valence-corrected chi connectivity index (χ4v) is 7.76. The molecular weight excluding hydrogens is 589 g/mol. The Labute approximate surface area is 238 Å². The zero-order valence-electron chi connectivity index (χ0n) is 22.0. The van der Waals surface area contributed by atoms with E-state index in [4.69, 9.17) is 0 Å². The molecule has 5 rings (SSSR count). The van der Waals surface area contributed by atoms with Crippen molar-refractivity contribution < 1.29 is 44.3 Å². The molecule has 5 nitrogen and oxygen atoms in total. The number of benzene rings is 3. The summed E-state index contributed by atoms with van der Waals surface area (Å²) in [5.74, 6) is -1.83. The normalized spacial score (nSPS) is 22.6. The van der Waals surface area contributed by atoms with Crippen LogP contribution in [0.15, 0.2) is 71.6 Å². The minimum Gasteiger partial charge on any atom is -0.395 e. The molecule has 0 saturated carbocycles. The highest BCUT2D eigenvalue weighted by molar-refractivity contribution is 7.89. The lowest BCUT2D eigenvalue weighted by Crippen LogP contribution is -2.67. The number of alkyl halides is 6. The number of hydrogen-bond donors (Lipinski definition) is 1. The van der Waals surface area contributed by atoms with Crippen LogP contribution < -0.4 is 0 Å². The van der Waals surface area contributed by atoms with Crippen LogP contribution in [0.25, 0.3) is 11.1 Å². The molecule has 0 spiro atoms. The van der Waals surface area contributed by atoms with Crippen molar-refractivity contribution in [1.29, 1.82) is 0 Å². The van der Waals surface area contributed by atoms with Crippen LogP contribution in [0, 0.1) is 5.82 Å². The Hall–Kier alpha value is -3.00. The van der Waals surface area contributed by atoms with Crippen molar-refractivity contribution in [2.24, 2.45) is 0 Å². The van der Waals surface area contributed by atoms with Crippen molar-refractivity contribution in [3.8, 4) is 11.1 Å². The molecule has 3 aromatic rings. The van der Waals surface area contributed by atoms with Crippen LogP contribution in [0.2, 0.25) is 0 Å². The van der Waals surface area contributed by atoms with E-state index in [1.165, 1.54) is 24.3 Å². The molecule has 0 unspecified atom stereocenters. The van der Waals surface area contributed by atoms with Gasteiger partial charge in [0.25, 0.3) is 0 Å². The maximum Gasteiger partial charge on any atom is 0.419 e. The maximum atomic E-state index is 14.7. The summed E-state index contributed by atoms with van der Waals surface area (Å²) in [6, 6.07) is 12.3. The van der Waals surface area contributed by atoms with E-state index in [1.54, 1.807) is 12.1 Å². The molecule has 2 fully saturated rings. The molecule has 42 heavy (non-hydrogen) atoms. The molecule has 13 heteroatoms. The highest BCUT2D eigenvalue weighted by Crippen LogP contribution is 2.44. The van der Waals surface area contributed by atoms with Gasteiger partial charge in [-0.3, -0.25) is 4.90 Å². The minimum absolute atomic E-state index is 0.0170. The van der Waals surface area contributed by atoms with Crippen LogP contribution in [-0.2, 0) is 22.4 Å². The van der Waals surface area contributed by atoms with Gasteiger partial charge in [0.2, 0.25) is 10.0 Å². The number of sulfonamides is 1. The monoisotopic (exact) mass is 616 g/mol. The second-order valence-electron chi connectivity index (χ2n) is 10.4. The molecule has 2 heterocycles. The number of hydrogen-bond acceptors (Lipinski definition) is 4. The number of fused-ring (bicyclic) bond motifs is 1. The lowest BCUT2D eigenvalue weighted by Gasteiger charge is -2.57. The predicted octanol–water partition coefficient (Wildman–Crippen LogP) is 6.14. The fourth-order valence-electron chi connectivity index (χ4n) is 6.05. The van der Waals surface area contributed by atoms with E-state index in [2.05, 4.69) is 0 Å². The van der Waals surface area contributed by atoms with E-state index in [0.717, 1.165) is 28.6 Å². The van der Waals surface area contributed by atoms with Crippen LogP contribution in [0.4, 0.5) is 30.7 Å². The average molecular weight is 617 g/mol. The summed E-state index contributed by atoms with van der Waals surface area (Å²) in [5, 5.41) is 10.2. The standard InChI is InChI=1S/C29H27F7N2O3S/c30-27-20(6-5-8-22(27)29(34,35)36)18-10-12-19(13-11-18)26-23-16-37(14-3-4-15-38(23)24(26)17-39)42(40,41)25-9-2-1-7-21(25)28(31,32)33/h1-2,5-13,23-24,26,39H,3-4,14-17H2/t23-,24+,26-/m0/s1. The second kappa shape index (κ2) is 11.3. The molecule has 3 atom stereocenters. The molecule has 2 saturated heterocycles. The first kappa shape index (κ1) is 30.5. The molecule has 226 valence electrons. The minimum atomic E-state index is -4.87. The van der Waals surface area contributed by atoms with Gasteiger partial charge < -0.3 is 5.11 Å². The van der Waals surface area contributed by atoms with Crippen LogP contribution in [-0.4, -0.2) is 61.1 Å². The first-order valence-corrected chi connectivity index (χ1v) is 14.7. The zero-order chi connectivity index (χ0) is 30.4. The summed E-state index contributed by atoms with van der Waals surface area (Å²) in [7, 11) is -4.54. The summed E-state index contributed by atoms with van der Waals surface area (Å²) in [6.07, 6.45) is -8.77. The second-order valence-corrected chi connectivity index (χ2v) is 12.3. The smallest absolute Gasteiger partial charge is 0.395 e. The van der Waals surface area contributed by atoms with E-state index in [-0.39, 0.29) is 30.8 Å².